The van der Waals surface area contributed by atoms with Gasteiger partial charge in [0.05, 0.1) is 18.1 Å². The number of hydrogen-bond donors (Lipinski definition) is 1. The Hall–Kier alpha value is -1.56. The average Bonchev–Trinajstić information content (AvgIpc) is 2.68. The van der Waals surface area contributed by atoms with E-state index in [2.05, 4.69) is 5.32 Å². The number of para-hydroxylation sites is 1. The van der Waals surface area contributed by atoms with Gasteiger partial charge in [-0.2, -0.15) is 0 Å². The second-order valence-electron chi connectivity index (χ2n) is 4.64. The summed E-state index contributed by atoms with van der Waals surface area (Å²) < 4.78 is 28.4. The molecule has 19 heavy (non-hydrogen) atoms. The standard InChI is InChI=1S/C13H17NO4S/c1-2-18-12(15)13(8-9-19(16,17)10-13)14-11-6-4-3-5-7-11/h3-7,14H,2,8-10H2,1H3. The van der Waals surface area contributed by atoms with Crippen LogP contribution in [0.25, 0.3) is 0 Å². The van der Waals surface area contributed by atoms with Crippen molar-refractivity contribution in [3.63, 3.8) is 0 Å². The van der Waals surface area contributed by atoms with Gasteiger partial charge in [-0.15, -0.1) is 0 Å². The first kappa shape index (κ1) is 13.9. The van der Waals surface area contributed by atoms with Gasteiger partial charge in [-0.1, -0.05) is 18.2 Å². The summed E-state index contributed by atoms with van der Waals surface area (Å²) in [7, 11) is -3.20. The van der Waals surface area contributed by atoms with Crippen molar-refractivity contribution in [3.05, 3.63) is 30.3 Å². The Balaban J connectivity index is 2.28. The summed E-state index contributed by atoms with van der Waals surface area (Å²) in [6.45, 7) is 1.94. The van der Waals surface area contributed by atoms with Crippen molar-refractivity contribution in [2.24, 2.45) is 0 Å². The number of nitrogens with one attached hydrogen (secondary N) is 1. The quantitative estimate of drug-likeness (QED) is 0.841. The zero-order chi connectivity index (χ0) is 13.9. The van der Waals surface area contributed by atoms with Crippen LogP contribution >= 0.6 is 0 Å². The van der Waals surface area contributed by atoms with E-state index < -0.39 is 21.3 Å². The van der Waals surface area contributed by atoms with Crippen LogP contribution in [0, 0.1) is 0 Å². The molecule has 0 amide bonds. The summed E-state index contributed by atoms with van der Waals surface area (Å²) in [5, 5.41) is 3.04. The van der Waals surface area contributed by atoms with Crippen LogP contribution in [-0.4, -0.2) is 38.0 Å². The van der Waals surface area contributed by atoms with Gasteiger partial charge in [0.2, 0.25) is 0 Å². The zero-order valence-corrected chi connectivity index (χ0v) is 11.6. The molecule has 1 heterocycles. The number of carbonyl (C=O) groups is 1. The van der Waals surface area contributed by atoms with E-state index in [1.54, 1.807) is 19.1 Å². The molecule has 1 aliphatic heterocycles. The maximum atomic E-state index is 12.1. The van der Waals surface area contributed by atoms with Gasteiger partial charge in [0.15, 0.2) is 15.4 Å². The summed E-state index contributed by atoms with van der Waals surface area (Å²) in [5.41, 5.74) is -0.441. The van der Waals surface area contributed by atoms with Crippen molar-refractivity contribution in [2.75, 3.05) is 23.4 Å². The number of ether oxygens (including phenoxy) is 1. The minimum atomic E-state index is -3.20. The van der Waals surface area contributed by atoms with E-state index in [0.29, 0.717) is 5.69 Å². The highest BCUT2D eigenvalue weighted by Gasteiger charge is 2.49. The Morgan fingerprint density at radius 2 is 2.05 bits per heavy atom. The van der Waals surface area contributed by atoms with Crippen LogP contribution in [0.2, 0.25) is 0 Å². The molecular formula is C13H17NO4S. The zero-order valence-electron chi connectivity index (χ0n) is 10.8. The van der Waals surface area contributed by atoms with Crippen molar-refractivity contribution >= 4 is 21.5 Å². The third-order valence-electron chi connectivity index (χ3n) is 3.13. The second-order valence-corrected chi connectivity index (χ2v) is 6.82. The maximum absolute atomic E-state index is 12.1. The molecule has 1 aromatic rings. The van der Waals surface area contributed by atoms with Crippen LogP contribution in [0.5, 0.6) is 0 Å². The SMILES string of the molecule is CCOC(=O)C1(Nc2ccccc2)CCS(=O)(=O)C1. The number of hydrogen-bond acceptors (Lipinski definition) is 5. The van der Waals surface area contributed by atoms with Crippen molar-refractivity contribution in [2.45, 2.75) is 18.9 Å². The lowest BCUT2D eigenvalue weighted by molar-refractivity contribution is -0.147. The number of benzene rings is 1. The monoisotopic (exact) mass is 283 g/mol. The molecule has 1 atom stereocenters. The minimum Gasteiger partial charge on any atom is -0.464 e. The Bertz CT molecular complexity index is 555. The lowest BCUT2D eigenvalue weighted by Gasteiger charge is -2.27. The molecule has 0 saturated carbocycles. The normalized spacial score (nSPS) is 24.9. The molecule has 0 spiro atoms. The van der Waals surface area contributed by atoms with Gasteiger partial charge in [0, 0.05) is 5.69 Å². The molecule has 0 radical (unpaired) electrons. The Morgan fingerprint density at radius 3 is 2.58 bits per heavy atom. The Labute approximate surface area is 112 Å². The van der Waals surface area contributed by atoms with Gasteiger partial charge >= 0.3 is 5.97 Å². The smallest absolute Gasteiger partial charge is 0.332 e. The van der Waals surface area contributed by atoms with Gasteiger partial charge in [0.25, 0.3) is 0 Å². The molecule has 104 valence electrons. The van der Waals surface area contributed by atoms with Gasteiger partial charge in [-0.3, -0.25) is 0 Å². The summed E-state index contributed by atoms with van der Waals surface area (Å²) in [6.07, 6.45) is 0.239. The first-order valence-electron chi connectivity index (χ1n) is 6.18. The molecule has 1 N–H and O–H groups in total. The first-order valence-corrected chi connectivity index (χ1v) is 8.00. The summed E-state index contributed by atoms with van der Waals surface area (Å²) >= 11 is 0. The molecule has 1 fully saturated rings. The second kappa shape index (κ2) is 5.21. The van der Waals surface area contributed by atoms with Crippen molar-refractivity contribution < 1.29 is 17.9 Å². The van der Waals surface area contributed by atoms with Gasteiger partial charge in [0.1, 0.15) is 0 Å². The first-order chi connectivity index (χ1) is 8.97. The molecule has 6 heteroatoms. The van der Waals surface area contributed by atoms with E-state index in [-0.39, 0.29) is 24.5 Å². The number of rotatable bonds is 4. The topological polar surface area (TPSA) is 72.5 Å². The largest absolute Gasteiger partial charge is 0.464 e. The fraction of sp³-hybridized carbons (Fsp3) is 0.462. The van der Waals surface area contributed by atoms with Gasteiger partial charge in [-0.25, -0.2) is 13.2 Å². The predicted octanol–water partition coefficient (Wildman–Crippen LogP) is 1.22. The van der Waals surface area contributed by atoms with Crippen LogP contribution in [0.15, 0.2) is 30.3 Å². The molecule has 0 aromatic heterocycles. The van der Waals surface area contributed by atoms with Crippen molar-refractivity contribution in [1.82, 2.24) is 0 Å². The summed E-state index contributed by atoms with van der Waals surface area (Å²) in [4.78, 5) is 12.1. The molecule has 1 aromatic carbocycles. The molecule has 5 nitrogen and oxygen atoms in total. The highest BCUT2D eigenvalue weighted by Crippen LogP contribution is 2.29. The van der Waals surface area contributed by atoms with E-state index in [4.69, 9.17) is 4.74 Å². The fourth-order valence-electron chi connectivity index (χ4n) is 2.23. The van der Waals surface area contributed by atoms with Crippen molar-refractivity contribution in [3.8, 4) is 0 Å². The number of sulfone groups is 1. The van der Waals surface area contributed by atoms with E-state index in [1.165, 1.54) is 0 Å². The highest BCUT2D eigenvalue weighted by molar-refractivity contribution is 7.91. The lowest BCUT2D eigenvalue weighted by Crippen LogP contribution is -2.48. The number of carbonyl (C=O) groups excluding carboxylic acids is 1. The molecular weight excluding hydrogens is 266 g/mol. The van der Waals surface area contributed by atoms with E-state index in [0.717, 1.165) is 0 Å². The van der Waals surface area contributed by atoms with E-state index >= 15 is 0 Å². The third kappa shape index (κ3) is 3.07. The molecule has 1 saturated heterocycles. The summed E-state index contributed by atoms with van der Waals surface area (Å²) in [6, 6.07) is 9.10. The van der Waals surface area contributed by atoms with Crippen LogP contribution in [0.4, 0.5) is 5.69 Å². The predicted molar refractivity (Wildman–Crippen MR) is 72.7 cm³/mol. The lowest BCUT2D eigenvalue weighted by atomic mass is 9.98. The molecule has 1 unspecified atom stereocenters. The van der Waals surface area contributed by atoms with Crippen LogP contribution in [-0.2, 0) is 19.4 Å². The maximum Gasteiger partial charge on any atom is 0.332 e. The Morgan fingerprint density at radius 1 is 1.37 bits per heavy atom. The van der Waals surface area contributed by atoms with Crippen LogP contribution in [0.1, 0.15) is 13.3 Å². The van der Waals surface area contributed by atoms with Gasteiger partial charge in [-0.05, 0) is 25.5 Å². The summed E-state index contributed by atoms with van der Waals surface area (Å²) in [5.74, 6) is -0.709. The van der Waals surface area contributed by atoms with Crippen LogP contribution < -0.4 is 5.32 Å². The van der Waals surface area contributed by atoms with E-state index in [9.17, 15) is 13.2 Å². The average molecular weight is 283 g/mol. The van der Waals surface area contributed by atoms with Crippen molar-refractivity contribution in [1.29, 1.82) is 0 Å². The number of anilines is 1. The minimum absolute atomic E-state index is 0.00560. The fourth-order valence-corrected chi connectivity index (χ4v) is 4.12. The molecule has 0 aliphatic carbocycles. The Kier molecular flexibility index (Phi) is 3.80. The molecule has 1 aliphatic rings. The molecule has 2 rings (SSSR count). The molecule has 0 bridgehead atoms. The highest BCUT2D eigenvalue weighted by atomic mass is 32.2. The number of esters is 1. The van der Waals surface area contributed by atoms with Gasteiger partial charge < -0.3 is 10.1 Å². The van der Waals surface area contributed by atoms with Crippen LogP contribution in [0.3, 0.4) is 0 Å². The van der Waals surface area contributed by atoms with E-state index in [1.807, 2.05) is 18.2 Å². The third-order valence-corrected chi connectivity index (χ3v) is 4.89.